The summed E-state index contributed by atoms with van der Waals surface area (Å²) < 4.78 is 2.33. The van der Waals surface area contributed by atoms with Crippen LogP contribution in [0, 0.1) is 0 Å². The highest BCUT2D eigenvalue weighted by Gasteiger charge is 2.11. The van der Waals surface area contributed by atoms with Crippen LogP contribution in [0.4, 0.5) is 0 Å². The summed E-state index contributed by atoms with van der Waals surface area (Å²) in [6, 6.07) is 14.9. The number of nitrogens with one attached hydrogen (secondary N) is 1. The average Bonchev–Trinajstić information content (AvgIpc) is 2.80. The second-order valence-electron chi connectivity index (χ2n) is 5.04. The fourth-order valence-electron chi connectivity index (χ4n) is 2.88. The van der Waals surface area contributed by atoms with E-state index in [1.807, 2.05) is 6.92 Å². The standard InChI is InChI=1S/C17H18N2O/c1-3-19-16-7-5-4-6-14(16)15-10-13(8-9-17(15)19)12(2)18-11-20/h4-12H,3H2,1-2H3,(H,18,20)/t12-/m0/s1. The van der Waals surface area contributed by atoms with E-state index in [0.717, 1.165) is 18.5 Å². The van der Waals surface area contributed by atoms with Crippen LogP contribution in [0.3, 0.4) is 0 Å². The molecular formula is C17H18N2O. The van der Waals surface area contributed by atoms with Gasteiger partial charge in [-0.1, -0.05) is 24.3 Å². The van der Waals surface area contributed by atoms with Gasteiger partial charge in [0, 0.05) is 28.4 Å². The van der Waals surface area contributed by atoms with Crippen molar-refractivity contribution in [3.05, 3.63) is 48.0 Å². The number of fused-ring (bicyclic) bond motifs is 3. The first-order chi connectivity index (χ1) is 9.76. The third kappa shape index (κ3) is 1.86. The van der Waals surface area contributed by atoms with E-state index >= 15 is 0 Å². The monoisotopic (exact) mass is 266 g/mol. The Labute approximate surface area is 118 Å². The van der Waals surface area contributed by atoms with Crippen molar-refractivity contribution in [2.24, 2.45) is 0 Å². The van der Waals surface area contributed by atoms with Gasteiger partial charge >= 0.3 is 0 Å². The van der Waals surface area contributed by atoms with Crippen LogP contribution >= 0.6 is 0 Å². The van der Waals surface area contributed by atoms with Crippen LogP contribution in [0.2, 0.25) is 0 Å². The van der Waals surface area contributed by atoms with Crippen LogP contribution in [-0.4, -0.2) is 11.0 Å². The predicted octanol–water partition coefficient (Wildman–Crippen LogP) is 3.62. The fourth-order valence-corrected chi connectivity index (χ4v) is 2.88. The number of para-hydroxylation sites is 1. The van der Waals surface area contributed by atoms with Gasteiger partial charge in [0.15, 0.2) is 0 Å². The molecule has 3 aromatic rings. The first-order valence-electron chi connectivity index (χ1n) is 6.97. The summed E-state index contributed by atoms with van der Waals surface area (Å²) in [7, 11) is 0. The highest BCUT2D eigenvalue weighted by Crippen LogP contribution is 2.30. The predicted molar refractivity (Wildman–Crippen MR) is 82.7 cm³/mol. The Morgan fingerprint density at radius 2 is 1.90 bits per heavy atom. The van der Waals surface area contributed by atoms with E-state index in [1.54, 1.807) is 0 Å². The topological polar surface area (TPSA) is 34.0 Å². The van der Waals surface area contributed by atoms with Gasteiger partial charge in [0.05, 0.1) is 6.04 Å². The Bertz CT molecular complexity index is 773. The zero-order valence-corrected chi connectivity index (χ0v) is 11.8. The van der Waals surface area contributed by atoms with E-state index in [1.165, 1.54) is 21.8 Å². The highest BCUT2D eigenvalue weighted by atomic mass is 16.1. The number of aromatic nitrogens is 1. The minimum atomic E-state index is 0.0284. The quantitative estimate of drug-likeness (QED) is 0.719. The van der Waals surface area contributed by atoms with Crippen LogP contribution in [0.1, 0.15) is 25.5 Å². The molecule has 0 aliphatic carbocycles. The summed E-state index contributed by atoms with van der Waals surface area (Å²) in [6.07, 6.45) is 0.754. The summed E-state index contributed by atoms with van der Waals surface area (Å²) in [5.41, 5.74) is 3.64. The summed E-state index contributed by atoms with van der Waals surface area (Å²) >= 11 is 0. The summed E-state index contributed by atoms with van der Waals surface area (Å²) in [5, 5.41) is 5.33. The molecule has 0 fully saturated rings. The average molecular weight is 266 g/mol. The van der Waals surface area contributed by atoms with Crippen LogP contribution in [0.5, 0.6) is 0 Å². The van der Waals surface area contributed by atoms with Gasteiger partial charge in [-0.25, -0.2) is 0 Å². The number of hydrogen-bond acceptors (Lipinski definition) is 1. The number of benzene rings is 2. The maximum atomic E-state index is 10.6. The van der Waals surface area contributed by atoms with Gasteiger partial charge in [-0.15, -0.1) is 0 Å². The maximum Gasteiger partial charge on any atom is 0.207 e. The summed E-state index contributed by atoms with van der Waals surface area (Å²) in [4.78, 5) is 10.6. The molecule has 0 aliphatic rings. The third-order valence-corrected chi connectivity index (χ3v) is 3.93. The molecule has 2 aromatic carbocycles. The van der Waals surface area contributed by atoms with Gasteiger partial charge < -0.3 is 9.88 Å². The Kier molecular flexibility index (Phi) is 3.18. The molecule has 0 spiro atoms. The van der Waals surface area contributed by atoms with Crippen molar-refractivity contribution in [1.82, 2.24) is 9.88 Å². The fraction of sp³-hybridized carbons (Fsp3) is 0.235. The van der Waals surface area contributed by atoms with E-state index in [4.69, 9.17) is 0 Å². The molecular weight excluding hydrogens is 248 g/mol. The Hall–Kier alpha value is -2.29. The lowest BCUT2D eigenvalue weighted by atomic mass is 10.0. The minimum absolute atomic E-state index is 0.0284. The molecule has 0 unspecified atom stereocenters. The molecule has 102 valence electrons. The molecule has 0 bridgehead atoms. The van der Waals surface area contributed by atoms with E-state index in [-0.39, 0.29) is 6.04 Å². The van der Waals surface area contributed by atoms with Crippen molar-refractivity contribution < 1.29 is 4.79 Å². The van der Waals surface area contributed by atoms with Gasteiger partial charge in [0.1, 0.15) is 0 Å². The first kappa shape index (κ1) is 12.7. The SMILES string of the molecule is CCn1c2ccccc2c2cc([C@H](C)NC=O)ccc21. The molecule has 0 saturated carbocycles. The molecule has 1 heterocycles. The summed E-state index contributed by atoms with van der Waals surface area (Å²) in [6.45, 7) is 5.11. The van der Waals surface area contributed by atoms with Gasteiger partial charge in [-0.2, -0.15) is 0 Å². The molecule has 1 aromatic heterocycles. The van der Waals surface area contributed by atoms with Gasteiger partial charge in [0.25, 0.3) is 0 Å². The van der Waals surface area contributed by atoms with Crippen molar-refractivity contribution >= 4 is 28.2 Å². The number of aryl methyl sites for hydroxylation is 1. The van der Waals surface area contributed by atoms with Crippen molar-refractivity contribution in [1.29, 1.82) is 0 Å². The zero-order valence-electron chi connectivity index (χ0n) is 11.8. The number of hydrogen-bond donors (Lipinski definition) is 1. The summed E-state index contributed by atoms with van der Waals surface area (Å²) in [5.74, 6) is 0. The Morgan fingerprint density at radius 3 is 2.65 bits per heavy atom. The van der Waals surface area contributed by atoms with E-state index < -0.39 is 0 Å². The molecule has 3 heteroatoms. The molecule has 1 amide bonds. The van der Waals surface area contributed by atoms with Gasteiger partial charge in [-0.05, 0) is 37.6 Å². The number of rotatable bonds is 4. The lowest BCUT2D eigenvalue weighted by molar-refractivity contribution is -0.110. The number of amides is 1. The Balaban J connectivity index is 2.28. The van der Waals surface area contributed by atoms with Gasteiger partial charge in [-0.3, -0.25) is 4.79 Å². The van der Waals surface area contributed by atoms with Crippen molar-refractivity contribution in [2.75, 3.05) is 0 Å². The molecule has 3 nitrogen and oxygen atoms in total. The van der Waals surface area contributed by atoms with Crippen molar-refractivity contribution in [3.63, 3.8) is 0 Å². The van der Waals surface area contributed by atoms with Crippen LogP contribution in [0.25, 0.3) is 21.8 Å². The van der Waals surface area contributed by atoms with Gasteiger partial charge in [0.2, 0.25) is 6.41 Å². The van der Waals surface area contributed by atoms with Crippen LogP contribution < -0.4 is 5.32 Å². The maximum absolute atomic E-state index is 10.6. The second-order valence-corrected chi connectivity index (χ2v) is 5.04. The molecule has 0 radical (unpaired) electrons. The Morgan fingerprint density at radius 1 is 1.15 bits per heavy atom. The minimum Gasteiger partial charge on any atom is -0.352 e. The lowest BCUT2D eigenvalue weighted by Crippen LogP contribution is -2.15. The van der Waals surface area contributed by atoms with Crippen molar-refractivity contribution in [2.45, 2.75) is 26.4 Å². The molecule has 20 heavy (non-hydrogen) atoms. The smallest absolute Gasteiger partial charge is 0.207 e. The third-order valence-electron chi connectivity index (χ3n) is 3.93. The molecule has 1 N–H and O–H groups in total. The van der Waals surface area contributed by atoms with E-state index in [2.05, 4.69) is 59.3 Å². The number of carbonyl (C=O) groups is 1. The van der Waals surface area contributed by atoms with Crippen LogP contribution in [0.15, 0.2) is 42.5 Å². The number of carbonyl (C=O) groups excluding carboxylic acids is 1. The molecule has 1 atom stereocenters. The van der Waals surface area contributed by atoms with Crippen molar-refractivity contribution in [3.8, 4) is 0 Å². The van der Waals surface area contributed by atoms with E-state index in [0.29, 0.717) is 0 Å². The highest BCUT2D eigenvalue weighted by molar-refractivity contribution is 6.08. The van der Waals surface area contributed by atoms with E-state index in [9.17, 15) is 4.79 Å². The molecule has 0 saturated heterocycles. The lowest BCUT2D eigenvalue weighted by Gasteiger charge is -2.11. The normalized spacial score (nSPS) is 12.7. The molecule has 3 rings (SSSR count). The number of nitrogens with zero attached hydrogens (tertiary/aromatic N) is 1. The second kappa shape index (κ2) is 5.00. The molecule has 0 aliphatic heterocycles. The zero-order chi connectivity index (χ0) is 14.1. The largest absolute Gasteiger partial charge is 0.352 e. The first-order valence-corrected chi connectivity index (χ1v) is 6.97. The van der Waals surface area contributed by atoms with Crippen LogP contribution in [-0.2, 0) is 11.3 Å².